The lowest BCUT2D eigenvalue weighted by molar-refractivity contribution is -0.131. The molecule has 0 aliphatic carbocycles. The molecule has 0 aromatic carbocycles. The van der Waals surface area contributed by atoms with Gasteiger partial charge in [-0.15, -0.1) is 0 Å². The number of piperazine rings is 1. The van der Waals surface area contributed by atoms with E-state index in [0.29, 0.717) is 45.0 Å². The summed E-state index contributed by atoms with van der Waals surface area (Å²) in [6.07, 6.45) is 4.43. The largest absolute Gasteiger partial charge is 0.368 e. The molecule has 2 radical (unpaired) electrons. The fourth-order valence-corrected chi connectivity index (χ4v) is 2.78. The summed E-state index contributed by atoms with van der Waals surface area (Å²) < 4.78 is 0. The van der Waals surface area contributed by atoms with Gasteiger partial charge in [-0.1, -0.05) is 12.8 Å². The molecule has 2 heterocycles. The molecule has 1 aliphatic rings. The van der Waals surface area contributed by atoms with Crippen LogP contribution >= 0.6 is 0 Å². The number of unbranched alkanes of at least 4 members (excludes halogenated alkanes) is 3. The number of anilines is 3. The van der Waals surface area contributed by atoms with Crippen molar-refractivity contribution in [1.82, 2.24) is 19.9 Å². The third-order valence-electron chi connectivity index (χ3n) is 4.14. The molecular weight excluding hydrogens is 321 g/mol. The molecule has 0 saturated carbocycles. The molecule has 0 spiro atoms. The summed E-state index contributed by atoms with van der Waals surface area (Å²) in [6.45, 7) is 2.50. The lowest BCUT2D eigenvalue weighted by atomic mass is 9.96. The average Bonchev–Trinajstić information content (AvgIpc) is 2.57. The summed E-state index contributed by atoms with van der Waals surface area (Å²) >= 11 is 0. The van der Waals surface area contributed by atoms with Gasteiger partial charge in [-0.25, -0.2) is 0 Å². The lowest BCUT2D eigenvalue weighted by Gasteiger charge is -2.34. The molecule has 1 amide bonds. The molecule has 0 atom stereocenters. The summed E-state index contributed by atoms with van der Waals surface area (Å²) in [4.78, 5) is 38.6. The first-order valence-electron chi connectivity index (χ1n) is 8.54. The normalized spacial score (nSPS) is 14.6. The van der Waals surface area contributed by atoms with E-state index in [9.17, 15) is 9.59 Å². The quantitative estimate of drug-likeness (QED) is 0.486. The number of aromatic nitrogens is 3. The van der Waals surface area contributed by atoms with Crippen molar-refractivity contribution in [2.24, 2.45) is 0 Å². The second-order valence-corrected chi connectivity index (χ2v) is 6.10. The minimum atomic E-state index is -0.268. The number of nitrogen functional groups attached to an aromatic ring is 2. The van der Waals surface area contributed by atoms with E-state index in [1.54, 1.807) is 0 Å². The fraction of sp³-hybridized carbons (Fsp3) is 0.667. The Morgan fingerprint density at radius 1 is 0.880 bits per heavy atom. The molecule has 4 N–H and O–H groups in total. The highest BCUT2D eigenvalue weighted by molar-refractivity contribution is 6.57. The molecule has 1 fully saturated rings. The maximum Gasteiger partial charge on any atom is 0.232 e. The Hall–Kier alpha value is -2.39. The van der Waals surface area contributed by atoms with Crippen molar-refractivity contribution in [1.29, 1.82) is 0 Å². The fourth-order valence-electron chi connectivity index (χ4n) is 2.78. The number of hydrogen-bond acceptors (Lipinski definition) is 8. The van der Waals surface area contributed by atoms with Gasteiger partial charge in [0.2, 0.25) is 23.8 Å². The molecule has 0 bridgehead atoms. The predicted octanol–water partition coefficient (Wildman–Crippen LogP) is -0.280. The first-order chi connectivity index (χ1) is 12.0. The van der Waals surface area contributed by atoms with Crippen molar-refractivity contribution >= 4 is 37.3 Å². The number of carbonyl (C=O) groups excluding carboxylic acids is 2. The van der Waals surface area contributed by atoms with E-state index in [1.807, 2.05) is 9.80 Å². The van der Waals surface area contributed by atoms with Crippen LogP contribution in [-0.2, 0) is 9.59 Å². The van der Waals surface area contributed by atoms with Crippen LogP contribution in [-0.4, -0.2) is 65.5 Å². The molecule has 1 saturated heterocycles. The van der Waals surface area contributed by atoms with Gasteiger partial charge in [0.25, 0.3) is 0 Å². The van der Waals surface area contributed by atoms with E-state index in [-0.39, 0.29) is 23.5 Å². The van der Waals surface area contributed by atoms with Crippen molar-refractivity contribution < 1.29 is 9.59 Å². The molecule has 1 aromatic heterocycles. The summed E-state index contributed by atoms with van der Waals surface area (Å²) in [5.41, 5.74) is 10.9. The zero-order valence-electron chi connectivity index (χ0n) is 14.4. The molecular formula is C15H24BN7O2. The lowest BCUT2D eigenvalue weighted by Crippen LogP contribution is -2.49. The van der Waals surface area contributed by atoms with Gasteiger partial charge >= 0.3 is 0 Å². The van der Waals surface area contributed by atoms with Crippen LogP contribution in [0.1, 0.15) is 38.5 Å². The van der Waals surface area contributed by atoms with E-state index in [4.69, 9.17) is 19.3 Å². The van der Waals surface area contributed by atoms with Crippen molar-refractivity contribution in [2.75, 3.05) is 42.5 Å². The van der Waals surface area contributed by atoms with Crippen LogP contribution in [0.25, 0.3) is 0 Å². The van der Waals surface area contributed by atoms with Crippen LogP contribution in [0.2, 0.25) is 0 Å². The van der Waals surface area contributed by atoms with Crippen LogP contribution in [0.5, 0.6) is 0 Å². The van der Waals surface area contributed by atoms with Gasteiger partial charge in [0.1, 0.15) is 0 Å². The van der Waals surface area contributed by atoms with Gasteiger partial charge in [0, 0.05) is 32.6 Å². The Morgan fingerprint density at radius 3 is 2.00 bits per heavy atom. The van der Waals surface area contributed by atoms with Crippen LogP contribution in [0.3, 0.4) is 0 Å². The molecule has 25 heavy (non-hydrogen) atoms. The Kier molecular flexibility index (Phi) is 6.97. The molecule has 1 aromatic rings. The van der Waals surface area contributed by atoms with Gasteiger partial charge in [-0.2, -0.15) is 15.0 Å². The summed E-state index contributed by atoms with van der Waals surface area (Å²) in [7, 11) is 5.09. The van der Waals surface area contributed by atoms with Gasteiger partial charge in [0.05, 0.1) is 5.68 Å². The van der Waals surface area contributed by atoms with Crippen LogP contribution < -0.4 is 16.4 Å². The molecule has 2 rings (SSSR count). The number of nitrogens with two attached hydrogens (primary N) is 2. The van der Waals surface area contributed by atoms with Gasteiger partial charge < -0.3 is 26.1 Å². The first-order valence-corrected chi connectivity index (χ1v) is 8.54. The third-order valence-corrected chi connectivity index (χ3v) is 4.14. The Labute approximate surface area is 148 Å². The van der Waals surface area contributed by atoms with Gasteiger partial charge in [-0.05, 0) is 19.3 Å². The zero-order valence-corrected chi connectivity index (χ0v) is 14.4. The first kappa shape index (κ1) is 18.9. The highest BCUT2D eigenvalue weighted by Crippen LogP contribution is 2.14. The van der Waals surface area contributed by atoms with E-state index >= 15 is 0 Å². The standard InChI is InChI=1S/C15H24BN7O2/c16-11(24)5-3-1-2-4-6-12(25)22-7-9-23(10-8-22)15-20-13(17)19-14(18)21-15/h1-10H2,(H4,17,18,19,20,21). The minimum absolute atomic E-state index is 0.0948. The summed E-state index contributed by atoms with van der Waals surface area (Å²) in [5.74, 6) is 0.797. The Morgan fingerprint density at radius 2 is 1.44 bits per heavy atom. The van der Waals surface area contributed by atoms with E-state index in [0.717, 1.165) is 25.7 Å². The third kappa shape index (κ3) is 6.20. The molecule has 1 aliphatic heterocycles. The second kappa shape index (κ2) is 9.19. The van der Waals surface area contributed by atoms with Crippen molar-refractivity contribution in [3.05, 3.63) is 0 Å². The minimum Gasteiger partial charge on any atom is -0.368 e. The summed E-state index contributed by atoms with van der Waals surface area (Å²) in [6, 6.07) is 0. The van der Waals surface area contributed by atoms with E-state index in [1.165, 1.54) is 0 Å². The predicted molar refractivity (Wildman–Crippen MR) is 95.9 cm³/mol. The monoisotopic (exact) mass is 345 g/mol. The number of amides is 1. The van der Waals surface area contributed by atoms with Crippen molar-refractivity contribution in [3.8, 4) is 0 Å². The van der Waals surface area contributed by atoms with Crippen molar-refractivity contribution in [3.63, 3.8) is 0 Å². The Balaban J connectivity index is 1.68. The zero-order chi connectivity index (χ0) is 18.2. The Bertz CT molecular complexity index is 585. The molecule has 0 unspecified atom stereocenters. The SMILES string of the molecule is [B]C(=O)CCCCCCC(=O)N1CCN(c2nc(N)nc(N)n2)CC1. The van der Waals surface area contributed by atoms with Crippen LogP contribution in [0.15, 0.2) is 0 Å². The summed E-state index contributed by atoms with van der Waals surface area (Å²) in [5, 5.41) is 0. The maximum absolute atomic E-state index is 12.2. The number of hydrogen-bond donors (Lipinski definition) is 2. The molecule has 9 nitrogen and oxygen atoms in total. The van der Waals surface area contributed by atoms with E-state index < -0.39 is 0 Å². The number of nitrogens with zero attached hydrogens (tertiary/aromatic N) is 5. The second-order valence-electron chi connectivity index (χ2n) is 6.10. The smallest absolute Gasteiger partial charge is 0.232 e. The van der Waals surface area contributed by atoms with Crippen LogP contribution in [0.4, 0.5) is 17.8 Å². The van der Waals surface area contributed by atoms with Crippen LogP contribution in [0, 0.1) is 0 Å². The topological polar surface area (TPSA) is 131 Å². The van der Waals surface area contributed by atoms with Gasteiger partial charge in [0.15, 0.2) is 7.85 Å². The number of carbonyl (C=O) groups is 2. The van der Waals surface area contributed by atoms with E-state index in [2.05, 4.69) is 15.0 Å². The number of rotatable bonds is 8. The maximum atomic E-state index is 12.2. The van der Waals surface area contributed by atoms with Crippen molar-refractivity contribution in [2.45, 2.75) is 38.5 Å². The average molecular weight is 345 g/mol. The highest BCUT2D eigenvalue weighted by atomic mass is 16.2. The molecule has 10 heteroatoms. The highest BCUT2D eigenvalue weighted by Gasteiger charge is 2.22. The molecule has 134 valence electrons. The van der Waals surface area contributed by atoms with Gasteiger partial charge in [-0.3, -0.25) is 4.79 Å².